The Morgan fingerprint density at radius 2 is 2.07 bits per heavy atom. The van der Waals surface area contributed by atoms with Crippen LogP contribution in [-0.4, -0.2) is 17.7 Å². The molecule has 0 aliphatic rings. The maximum atomic E-state index is 11.3. The van der Waals surface area contributed by atoms with Gasteiger partial charge in [-0.25, -0.2) is 0 Å². The summed E-state index contributed by atoms with van der Waals surface area (Å²) in [6.07, 6.45) is 0.216. The van der Waals surface area contributed by atoms with Crippen molar-refractivity contribution in [2.75, 3.05) is 6.61 Å². The Hall–Kier alpha value is -1.51. The lowest BCUT2D eigenvalue weighted by atomic mass is 10.0. The fourth-order valence-electron chi connectivity index (χ4n) is 1.44. The molecule has 3 nitrogen and oxygen atoms in total. The number of rotatable bonds is 3. The van der Waals surface area contributed by atoms with Crippen molar-refractivity contribution in [2.45, 2.75) is 27.2 Å². The molecule has 1 aromatic carbocycles. The average molecular weight is 208 g/mol. The molecule has 15 heavy (non-hydrogen) atoms. The van der Waals surface area contributed by atoms with Gasteiger partial charge in [-0.05, 0) is 37.5 Å². The van der Waals surface area contributed by atoms with Crippen LogP contribution in [0.25, 0.3) is 0 Å². The van der Waals surface area contributed by atoms with Crippen LogP contribution < -0.4 is 0 Å². The monoisotopic (exact) mass is 208 g/mol. The first-order valence-corrected chi connectivity index (χ1v) is 5.00. The van der Waals surface area contributed by atoms with E-state index in [-0.39, 0.29) is 18.1 Å². The first kappa shape index (κ1) is 11.6. The standard InChI is InChI=1S/C12H16O3/c1-4-15-11(13)7-10-6-5-8(2)12(14)9(10)3/h5-6,14H,4,7H2,1-3H3. The van der Waals surface area contributed by atoms with Crippen LogP contribution in [0.1, 0.15) is 23.6 Å². The fourth-order valence-corrected chi connectivity index (χ4v) is 1.44. The van der Waals surface area contributed by atoms with E-state index < -0.39 is 0 Å². The van der Waals surface area contributed by atoms with Crippen LogP contribution in [-0.2, 0) is 16.0 Å². The third kappa shape index (κ3) is 2.72. The lowest BCUT2D eigenvalue weighted by molar-refractivity contribution is -0.142. The Bertz CT molecular complexity index is 369. The van der Waals surface area contributed by atoms with Crippen molar-refractivity contribution in [3.63, 3.8) is 0 Å². The molecule has 0 saturated heterocycles. The zero-order chi connectivity index (χ0) is 11.4. The van der Waals surface area contributed by atoms with E-state index in [9.17, 15) is 9.90 Å². The maximum absolute atomic E-state index is 11.3. The quantitative estimate of drug-likeness (QED) is 0.774. The smallest absolute Gasteiger partial charge is 0.310 e. The number of esters is 1. The van der Waals surface area contributed by atoms with Crippen LogP contribution in [0, 0.1) is 13.8 Å². The van der Waals surface area contributed by atoms with Gasteiger partial charge in [0.25, 0.3) is 0 Å². The molecule has 1 N–H and O–H groups in total. The summed E-state index contributed by atoms with van der Waals surface area (Å²) < 4.78 is 4.85. The molecule has 0 atom stereocenters. The Morgan fingerprint density at radius 3 is 2.67 bits per heavy atom. The molecule has 0 heterocycles. The molecule has 0 bridgehead atoms. The lowest BCUT2D eigenvalue weighted by Crippen LogP contribution is -2.08. The predicted molar refractivity (Wildman–Crippen MR) is 57.9 cm³/mol. The van der Waals surface area contributed by atoms with Gasteiger partial charge in [-0.1, -0.05) is 12.1 Å². The van der Waals surface area contributed by atoms with E-state index in [1.165, 1.54) is 0 Å². The second kappa shape index (κ2) is 4.82. The summed E-state index contributed by atoms with van der Waals surface area (Å²) >= 11 is 0. The van der Waals surface area contributed by atoms with E-state index in [1.807, 2.05) is 13.0 Å². The number of hydrogen-bond donors (Lipinski definition) is 1. The van der Waals surface area contributed by atoms with Gasteiger partial charge in [-0.15, -0.1) is 0 Å². The SMILES string of the molecule is CCOC(=O)Cc1ccc(C)c(O)c1C. The van der Waals surface area contributed by atoms with Crippen LogP contribution in [0.5, 0.6) is 5.75 Å². The summed E-state index contributed by atoms with van der Waals surface area (Å²) in [6.45, 7) is 5.79. The van der Waals surface area contributed by atoms with Gasteiger partial charge in [-0.3, -0.25) is 4.79 Å². The normalized spacial score (nSPS) is 10.1. The maximum Gasteiger partial charge on any atom is 0.310 e. The average Bonchev–Trinajstić information content (AvgIpc) is 2.20. The number of aromatic hydroxyl groups is 1. The minimum atomic E-state index is -0.260. The summed E-state index contributed by atoms with van der Waals surface area (Å²) in [5.74, 6) is 0.000603. The first-order chi connectivity index (χ1) is 7.06. The molecular weight excluding hydrogens is 192 g/mol. The zero-order valence-corrected chi connectivity index (χ0v) is 9.33. The Labute approximate surface area is 89.7 Å². The van der Waals surface area contributed by atoms with Crippen LogP contribution >= 0.6 is 0 Å². The summed E-state index contributed by atoms with van der Waals surface area (Å²) in [4.78, 5) is 11.3. The van der Waals surface area contributed by atoms with Gasteiger partial charge in [0, 0.05) is 0 Å². The minimum absolute atomic E-state index is 0.216. The molecule has 0 radical (unpaired) electrons. The largest absolute Gasteiger partial charge is 0.507 e. The second-order valence-corrected chi connectivity index (χ2v) is 3.50. The van der Waals surface area contributed by atoms with Crippen molar-refractivity contribution in [2.24, 2.45) is 0 Å². The number of carbonyl (C=O) groups excluding carboxylic acids is 1. The number of aryl methyl sites for hydroxylation is 1. The highest BCUT2D eigenvalue weighted by Gasteiger charge is 2.10. The molecule has 0 fully saturated rings. The van der Waals surface area contributed by atoms with Crippen molar-refractivity contribution < 1.29 is 14.6 Å². The molecule has 82 valence electrons. The van der Waals surface area contributed by atoms with E-state index in [4.69, 9.17) is 4.74 Å². The van der Waals surface area contributed by atoms with Gasteiger partial charge < -0.3 is 9.84 Å². The molecule has 0 aliphatic heterocycles. The van der Waals surface area contributed by atoms with Gasteiger partial charge in [0.05, 0.1) is 13.0 Å². The van der Waals surface area contributed by atoms with Crippen LogP contribution in [0.3, 0.4) is 0 Å². The van der Waals surface area contributed by atoms with Gasteiger partial charge in [-0.2, -0.15) is 0 Å². The number of benzene rings is 1. The third-order valence-corrected chi connectivity index (χ3v) is 2.39. The minimum Gasteiger partial charge on any atom is -0.507 e. The summed E-state index contributed by atoms with van der Waals surface area (Å²) in [7, 11) is 0. The highest BCUT2D eigenvalue weighted by atomic mass is 16.5. The van der Waals surface area contributed by atoms with Gasteiger partial charge >= 0.3 is 5.97 Å². The zero-order valence-electron chi connectivity index (χ0n) is 9.33. The summed E-state index contributed by atoms with van der Waals surface area (Å²) in [6, 6.07) is 3.65. The van der Waals surface area contributed by atoms with Crippen molar-refractivity contribution in [1.29, 1.82) is 0 Å². The van der Waals surface area contributed by atoms with Crippen molar-refractivity contribution in [1.82, 2.24) is 0 Å². The van der Waals surface area contributed by atoms with Gasteiger partial charge in [0.2, 0.25) is 0 Å². The number of carbonyl (C=O) groups is 1. The van der Waals surface area contributed by atoms with E-state index in [0.29, 0.717) is 6.61 Å². The lowest BCUT2D eigenvalue weighted by Gasteiger charge is -2.09. The molecule has 0 spiro atoms. The van der Waals surface area contributed by atoms with E-state index in [0.717, 1.165) is 16.7 Å². The number of ether oxygens (including phenoxy) is 1. The second-order valence-electron chi connectivity index (χ2n) is 3.50. The van der Waals surface area contributed by atoms with Crippen molar-refractivity contribution in [3.8, 4) is 5.75 Å². The van der Waals surface area contributed by atoms with Gasteiger partial charge in [0.15, 0.2) is 0 Å². The van der Waals surface area contributed by atoms with Crippen molar-refractivity contribution >= 4 is 5.97 Å². The molecule has 0 aromatic heterocycles. The molecule has 1 aromatic rings. The summed E-state index contributed by atoms with van der Waals surface area (Å²) in [5.41, 5.74) is 2.39. The fraction of sp³-hybridized carbons (Fsp3) is 0.417. The third-order valence-electron chi connectivity index (χ3n) is 2.39. The Kier molecular flexibility index (Phi) is 3.72. The molecule has 3 heteroatoms. The first-order valence-electron chi connectivity index (χ1n) is 5.00. The molecule has 0 amide bonds. The molecule has 0 saturated carbocycles. The molecule has 0 unspecified atom stereocenters. The predicted octanol–water partition coefficient (Wildman–Crippen LogP) is 2.11. The summed E-state index contributed by atoms with van der Waals surface area (Å²) in [5, 5.41) is 9.68. The topological polar surface area (TPSA) is 46.5 Å². The number of phenolic OH excluding ortho intramolecular Hbond substituents is 1. The Balaban J connectivity index is 2.87. The molecule has 1 rings (SSSR count). The number of phenols is 1. The Morgan fingerprint density at radius 1 is 1.40 bits per heavy atom. The van der Waals surface area contributed by atoms with E-state index >= 15 is 0 Å². The highest BCUT2D eigenvalue weighted by Crippen LogP contribution is 2.24. The van der Waals surface area contributed by atoms with Gasteiger partial charge in [0.1, 0.15) is 5.75 Å². The molecule has 0 aliphatic carbocycles. The highest BCUT2D eigenvalue weighted by molar-refractivity contribution is 5.73. The van der Waals surface area contributed by atoms with Crippen LogP contribution in [0.4, 0.5) is 0 Å². The van der Waals surface area contributed by atoms with E-state index in [1.54, 1.807) is 19.9 Å². The molecular formula is C12H16O3. The van der Waals surface area contributed by atoms with E-state index in [2.05, 4.69) is 0 Å². The van der Waals surface area contributed by atoms with Crippen LogP contribution in [0.15, 0.2) is 12.1 Å². The van der Waals surface area contributed by atoms with Crippen LogP contribution in [0.2, 0.25) is 0 Å². The van der Waals surface area contributed by atoms with Crippen molar-refractivity contribution in [3.05, 3.63) is 28.8 Å². The number of hydrogen-bond acceptors (Lipinski definition) is 3.